The summed E-state index contributed by atoms with van der Waals surface area (Å²) in [6.07, 6.45) is 56.9. The van der Waals surface area contributed by atoms with E-state index in [-0.39, 0.29) is 25.7 Å². The van der Waals surface area contributed by atoms with E-state index in [1.165, 1.54) is 218 Å². The molecular formula is C73H142O17P2. The molecule has 0 aromatic rings. The SMILES string of the molecule is CCCCCCCCCCCCCCCCCCCCC(=O)O[C@H](COC(=O)CCCCCCCCCCCCCCCCCC)COP(=O)(O)OC[C@@H](O)COP(=O)(O)OC[C@@H](COC(=O)CCCCCCCCCCC)OC(=O)CCCCCCCCCCC. The molecule has 0 aliphatic rings. The van der Waals surface area contributed by atoms with Crippen molar-refractivity contribution >= 4 is 39.5 Å². The highest BCUT2D eigenvalue weighted by atomic mass is 31.2. The van der Waals surface area contributed by atoms with Crippen molar-refractivity contribution in [2.24, 2.45) is 0 Å². The van der Waals surface area contributed by atoms with E-state index >= 15 is 0 Å². The minimum atomic E-state index is -4.95. The van der Waals surface area contributed by atoms with Crippen molar-refractivity contribution in [1.82, 2.24) is 0 Å². The summed E-state index contributed by atoms with van der Waals surface area (Å²) in [4.78, 5) is 72.6. The predicted molar refractivity (Wildman–Crippen MR) is 372 cm³/mol. The summed E-state index contributed by atoms with van der Waals surface area (Å²) >= 11 is 0. The standard InChI is InChI=1S/C73H142O17P2/c1-5-9-13-17-21-25-27-29-31-33-34-36-38-40-44-48-52-56-60-73(78)90-69(64-84-71(76)58-54-50-46-43-39-37-35-32-30-28-26-22-18-14-10-6-2)66-88-92(81,82)86-62-67(74)61-85-91(79,80)87-65-68(89-72(77)59-55-51-47-42-24-20-16-12-8-4)63-83-70(75)57-53-49-45-41-23-19-15-11-7-3/h67-69,74H,5-66H2,1-4H3,(H,79,80)(H,81,82)/t67-,68+,69+/m0/s1. The number of hydrogen-bond acceptors (Lipinski definition) is 15. The summed E-state index contributed by atoms with van der Waals surface area (Å²) in [6, 6.07) is 0. The molecule has 0 bridgehead atoms. The number of aliphatic hydroxyl groups excluding tert-OH is 1. The zero-order chi connectivity index (χ0) is 67.5. The Bertz CT molecular complexity index is 1760. The van der Waals surface area contributed by atoms with Crippen LogP contribution in [0.5, 0.6) is 0 Å². The molecule has 0 rings (SSSR count). The molecule has 0 spiro atoms. The summed E-state index contributed by atoms with van der Waals surface area (Å²) in [5.74, 6) is -2.12. The van der Waals surface area contributed by atoms with Crippen molar-refractivity contribution in [1.29, 1.82) is 0 Å². The first-order chi connectivity index (χ1) is 44.7. The van der Waals surface area contributed by atoms with Gasteiger partial charge in [-0.2, -0.15) is 0 Å². The smallest absolute Gasteiger partial charge is 0.462 e. The summed E-state index contributed by atoms with van der Waals surface area (Å²) in [5, 5.41) is 10.6. The molecule has 0 aromatic carbocycles. The molecule has 0 radical (unpaired) electrons. The largest absolute Gasteiger partial charge is 0.472 e. The highest BCUT2D eigenvalue weighted by Crippen LogP contribution is 2.45. The number of hydrogen-bond donors (Lipinski definition) is 3. The molecule has 0 amide bonds. The maximum absolute atomic E-state index is 13.1. The van der Waals surface area contributed by atoms with Crippen LogP contribution in [0.4, 0.5) is 0 Å². The lowest BCUT2D eigenvalue weighted by Gasteiger charge is -2.21. The van der Waals surface area contributed by atoms with Gasteiger partial charge in [0.15, 0.2) is 12.2 Å². The van der Waals surface area contributed by atoms with E-state index in [2.05, 4.69) is 27.7 Å². The first-order valence-electron chi connectivity index (χ1n) is 38.3. The van der Waals surface area contributed by atoms with Crippen LogP contribution in [0.15, 0.2) is 0 Å². The van der Waals surface area contributed by atoms with E-state index < -0.39 is 97.5 Å². The molecular weight excluding hydrogens is 1210 g/mol. The number of aliphatic hydroxyl groups is 1. The summed E-state index contributed by atoms with van der Waals surface area (Å²) in [6.45, 7) is 4.94. The van der Waals surface area contributed by atoms with Gasteiger partial charge in [0.1, 0.15) is 19.3 Å². The van der Waals surface area contributed by atoms with E-state index in [0.717, 1.165) is 89.9 Å². The number of phosphoric ester groups is 2. The monoisotopic (exact) mass is 1350 g/mol. The molecule has 0 aliphatic carbocycles. The first-order valence-corrected chi connectivity index (χ1v) is 41.3. The van der Waals surface area contributed by atoms with Crippen LogP contribution in [-0.4, -0.2) is 96.7 Å². The van der Waals surface area contributed by atoms with Crippen LogP contribution >= 0.6 is 15.6 Å². The second kappa shape index (κ2) is 67.6. The van der Waals surface area contributed by atoms with E-state index in [1.807, 2.05) is 0 Å². The van der Waals surface area contributed by atoms with Gasteiger partial charge in [0.25, 0.3) is 0 Å². The lowest BCUT2D eigenvalue weighted by atomic mass is 10.0. The minimum Gasteiger partial charge on any atom is -0.462 e. The van der Waals surface area contributed by atoms with Gasteiger partial charge in [-0.05, 0) is 25.7 Å². The Morgan fingerprint density at radius 1 is 0.261 bits per heavy atom. The third-order valence-corrected chi connectivity index (χ3v) is 19.0. The first kappa shape index (κ1) is 90.1. The minimum absolute atomic E-state index is 0.106. The van der Waals surface area contributed by atoms with Gasteiger partial charge in [0, 0.05) is 25.7 Å². The average molecular weight is 1350 g/mol. The Labute approximate surface area is 562 Å². The van der Waals surface area contributed by atoms with Crippen LogP contribution in [0.2, 0.25) is 0 Å². The zero-order valence-corrected chi connectivity index (χ0v) is 61.3. The number of ether oxygens (including phenoxy) is 4. The number of phosphoric acid groups is 2. The fourth-order valence-electron chi connectivity index (χ4n) is 11.2. The van der Waals surface area contributed by atoms with Gasteiger partial charge in [0.2, 0.25) is 0 Å². The predicted octanol–water partition coefficient (Wildman–Crippen LogP) is 21.4. The van der Waals surface area contributed by atoms with Gasteiger partial charge in [-0.25, -0.2) is 9.13 Å². The van der Waals surface area contributed by atoms with Crippen molar-refractivity contribution in [2.45, 2.75) is 406 Å². The summed E-state index contributed by atoms with van der Waals surface area (Å²) < 4.78 is 68.3. The van der Waals surface area contributed by atoms with Gasteiger partial charge < -0.3 is 33.8 Å². The average Bonchev–Trinajstić information content (AvgIpc) is 2.81. The Balaban J connectivity index is 5.19. The molecule has 19 heteroatoms. The quantitative estimate of drug-likeness (QED) is 0.0222. The van der Waals surface area contributed by atoms with Crippen LogP contribution in [0.3, 0.4) is 0 Å². The molecule has 5 atom stereocenters. The van der Waals surface area contributed by atoms with E-state index in [9.17, 15) is 43.2 Å². The molecule has 0 saturated heterocycles. The van der Waals surface area contributed by atoms with Crippen molar-refractivity contribution in [3.8, 4) is 0 Å². The van der Waals surface area contributed by atoms with Crippen molar-refractivity contribution in [3.63, 3.8) is 0 Å². The number of esters is 4. The molecule has 0 aliphatic heterocycles. The molecule has 2 unspecified atom stereocenters. The highest BCUT2D eigenvalue weighted by Gasteiger charge is 2.30. The van der Waals surface area contributed by atoms with Crippen molar-refractivity contribution in [3.05, 3.63) is 0 Å². The second-order valence-electron chi connectivity index (χ2n) is 26.3. The molecule has 17 nitrogen and oxygen atoms in total. The van der Waals surface area contributed by atoms with E-state index in [0.29, 0.717) is 25.7 Å². The molecule has 546 valence electrons. The highest BCUT2D eigenvalue weighted by molar-refractivity contribution is 7.47. The topological polar surface area (TPSA) is 237 Å². The van der Waals surface area contributed by atoms with Crippen molar-refractivity contribution < 1.29 is 80.2 Å². The molecule has 92 heavy (non-hydrogen) atoms. The third-order valence-electron chi connectivity index (χ3n) is 17.1. The maximum Gasteiger partial charge on any atom is 0.472 e. The van der Waals surface area contributed by atoms with Crippen molar-refractivity contribution in [2.75, 3.05) is 39.6 Å². The lowest BCUT2D eigenvalue weighted by Crippen LogP contribution is -2.30. The number of carbonyl (C=O) groups is 4. The van der Waals surface area contributed by atoms with E-state index in [1.54, 1.807) is 0 Å². The second-order valence-corrected chi connectivity index (χ2v) is 29.2. The lowest BCUT2D eigenvalue weighted by molar-refractivity contribution is -0.161. The van der Waals surface area contributed by atoms with Crippen LogP contribution in [0, 0.1) is 0 Å². The van der Waals surface area contributed by atoms with Gasteiger partial charge in [-0.1, -0.05) is 336 Å². The van der Waals surface area contributed by atoms with Crippen LogP contribution in [0.25, 0.3) is 0 Å². The number of carbonyl (C=O) groups excluding carboxylic acids is 4. The van der Waals surface area contributed by atoms with Gasteiger partial charge in [0.05, 0.1) is 26.4 Å². The van der Waals surface area contributed by atoms with Crippen LogP contribution in [0.1, 0.15) is 387 Å². The Morgan fingerprint density at radius 2 is 0.435 bits per heavy atom. The van der Waals surface area contributed by atoms with Crippen LogP contribution in [-0.2, 0) is 65.4 Å². The maximum atomic E-state index is 13.1. The molecule has 0 aromatic heterocycles. The van der Waals surface area contributed by atoms with Gasteiger partial charge in [-0.3, -0.25) is 37.3 Å². The fourth-order valence-corrected chi connectivity index (χ4v) is 12.8. The molecule has 0 fully saturated rings. The molecule has 0 saturated carbocycles. The summed E-state index contributed by atoms with van der Waals surface area (Å²) in [5.41, 5.74) is 0. The summed E-state index contributed by atoms with van der Waals surface area (Å²) in [7, 11) is -9.90. The molecule has 3 N–H and O–H groups in total. The van der Waals surface area contributed by atoms with Gasteiger partial charge in [-0.15, -0.1) is 0 Å². The normalized spacial score (nSPS) is 13.9. The van der Waals surface area contributed by atoms with Gasteiger partial charge >= 0.3 is 39.5 Å². The third kappa shape index (κ3) is 66.7. The Morgan fingerprint density at radius 3 is 0.641 bits per heavy atom. The van der Waals surface area contributed by atoms with E-state index in [4.69, 9.17) is 37.0 Å². The zero-order valence-electron chi connectivity index (χ0n) is 59.5. The fraction of sp³-hybridized carbons (Fsp3) is 0.945. The van der Waals surface area contributed by atoms with Crippen LogP contribution < -0.4 is 0 Å². The molecule has 0 heterocycles. The number of unbranched alkanes of at least 4 members (excludes halogenated alkanes) is 48. The Hall–Kier alpha value is -1.94. The Kier molecular flexibility index (Phi) is 66.2. The number of rotatable bonds is 74.